The summed E-state index contributed by atoms with van der Waals surface area (Å²) in [6.45, 7) is 6.55. The smallest absolute Gasteiger partial charge is 0.243 e. The summed E-state index contributed by atoms with van der Waals surface area (Å²) in [7, 11) is 0. The number of hydrogen-bond acceptors (Lipinski definition) is 5. The van der Waals surface area contributed by atoms with Gasteiger partial charge in [-0.1, -0.05) is 117 Å². The summed E-state index contributed by atoms with van der Waals surface area (Å²) in [5, 5.41) is 24.3. The molecule has 0 aromatic rings. The van der Waals surface area contributed by atoms with Crippen LogP contribution in [-0.4, -0.2) is 53.1 Å². The summed E-state index contributed by atoms with van der Waals surface area (Å²) in [6, 6.07) is -0.322. The number of hydrogen-bond donors (Lipinski definition) is 4. The van der Waals surface area contributed by atoms with Crippen molar-refractivity contribution >= 4 is 5.91 Å². The van der Waals surface area contributed by atoms with E-state index in [4.69, 9.17) is 10.5 Å². The van der Waals surface area contributed by atoms with E-state index in [-0.39, 0.29) is 42.4 Å². The first kappa shape index (κ1) is 31.2. The third-order valence-electron chi connectivity index (χ3n) is 6.76. The maximum atomic E-state index is 12.0. The van der Waals surface area contributed by atoms with Crippen molar-refractivity contribution in [2.24, 2.45) is 23.5 Å². The van der Waals surface area contributed by atoms with E-state index in [1.165, 1.54) is 6.08 Å². The number of carbonyl (C=O) groups is 1. The van der Waals surface area contributed by atoms with Crippen molar-refractivity contribution < 1.29 is 19.7 Å². The van der Waals surface area contributed by atoms with Crippen LogP contribution in [0.5, 0.6) is 0 Å². The molecule has 7 unspecified atom stereocenters. The molecule has 2 heterocycles. The van der Waals surface area contributed by atoms with Crippen LogP contribution >= 0.6 is 0 Å². The van der Waals surface area contributed by atoms with Crippen LogP contribution in [0.25, 0.3) is 0 Å². The molecule has 7 atom stereocenters. The van der Waals surface area contributed by atoms with E-state index in [1.54, 1.807) is 31.2 Å². The predicted octanol–water partition coefficient (Wildman–Crippen LogP) is 4.24. The number of rotatable bonds is 2. The molecular formula is C32H44N2O4. The number of aliphatic hydroxyl groups is 2. The molecule has 0 spiro atoms. The molecular weight excluding hydrogens is 476 g/mol. The van der Waals surface area contributed by atoms with Crippen molar-refractivity contribution in [1.82, 2.24) is 5.32 Å². The van der Waals surface area contributed by atoms with Crippen LogP contribution in [0.3, 0.4) is 0 Å². The van der Waals surface area contributed by atoms with E-state index in [2.05, 4.69) is 5.32 Å². The molecule has 1 fully saturated rings. The van der Waals surface area contributed by atoms with Gasteiger partial charge in [-0.2, -0.15) is 0 Å². The van der Waals surface area contributed by atoms with Crippen LogP contribution in [0.1, 0.15) is 27.2 Å². The van der Waals surface area contributed by atoms with Gasteiger partial charge in [0.25, 0.3) is 0 Å². The van der Waals surface area contributed by atoms with Gasteiger partial charge in [0.05, 0.1) is 24.4 Å². The highest BCUT2D eigenvalue weighted by Gasteiger charge is 2.38. The number of aliphatic hydroxyl groups excluding tert-OH is 1. The van der Waals surface area contributed by atoms with E-state index in [9.17, 15) is 15.0 Å². The highest BCUT2D eigenvalue weighted by molar-refractivity contribution is 5.87. The zero-order chi connectivity index (χ0) is 27.8. The van der Waals surface area contributed by atoms with Crippen molar-refractivity contribution in [3.63, 3.8) is 0 Å². The van der Waals surface area contributed by atoms with Gasteiger partial charge < -0.3 is 26.0 Å². The van der Waals surface area contributed by atoms with E-state index in [0.29, 0.717) is 13.0 Å². The second kappa shape index (κ2) is 16.7. The van der Waals surface area contributed by atoms with Gasteiger partial charge >= 0.3 is 0 Å². The number of allylic oxidation sites excluding steroid dienone is 14. The van der Waals surface area contributed by atoms with Crippen LogP contribution in [0.15, 0.2) is 109 Å². The molecule has 5 N–H and O–H groups in total. The average Bonchev–Trinajstić information content (AvgIpc) is 2.88. The Morgan fingerprint density at radius 2 is 1.47 bits per heavy atom. The molecule has 0 bridgehead atoms. The zero-order valence-electron chi connectivity index (χ0n) is 22.8. The monoisotopic (exact) mass is 520 g/mol. The molecule has 0 aromatic heterocycles. The molecule has 2 aliphatic heterocycles. The van der Waals surface area contributed by atoms with Crippen LogP contribution in [-0.2, 0) is 9.53 Å². The van der Waals surface area contributed by atoms with Crippen molar-refractivity contribution in [1.29, 1.82) is 0 Å². The third-order valence-corrected chi connectivity index (χ3v) is 6.76. The molecule has 0 aromatic carbocycles. The fraction of sp³-hybridized carbons (Fsp3) is 0.406. The quantitative estimate of drug-likeness (QED) is 0.436. The summed E-state index contributed by atoms with van der Waals surface area (Å²) >= 11 is 0. The van der Waals surface area contributed by atoms with E-state index in [0.717, 1.165) is 0 Å². The second-order valence-electron chi connectivity index (χ2n) is 10.1. The molecule has 206 valence electrons. The molecule has 6 heteroatoms. The lowest BCUT2D eigenvalue weighted by Crippen LogP contribution is -2.54. The van der Waals surface area contributed by atoms with Gasteiger partial charge in [0.15, 0.2) is 0 Å². The Bertz CT molecular complexity index is 997. The lowest BCUT2D eigenvalue weighted by atomic mass is 9.79. The molecule has 38 heavy (non-hydrogen) atoms. The van der Waals surface area contributed by atoms with Crippen LogP contribution < -0.4 is 11.1 Å². The first-order valence-electron chi connectivity index (χ1n) is 13.3. The molecule has 1 amide bonds. The second-order valence-corrected chi connectivity index (χ2v) is 10.1. The Morgan fingerprint density at radius 1 is 0.921 bits per heavy atom. The Hall–Kier alpha value is -3.03. The third kappa shape index (κ3) is 11.6. The fourth-order valence-electron chi connectivity index (χ4n) is 4.07. The first-order chi connectivity index (χ1) is 18.2. The average molecular weight is 521 g/mol. The maximum Gasteiger partial charge on any atom is 0.243 e. The Balaban J connectivity index is 2.22. The van der Waals surface area contributed by atoms with Crippen LogP contribution in [0, 0.1) is 17.8 Å². The number of nitrogens with two attached hydrogens (primary N) is 1. The minimum Gasteiger partial charge on any atom is -0.390 e. The van der Waals surface area contributed by atoms with Gasteiger partial charge in [0, 0.05) is 30.5 Å². The lowest BCUT2D eigenvalue weighted by molar-refractivity contribution is -0.116. The Morgan fingerprint density at radius 3 is 2.13 bits per heavy atom. The largest absolute Gasteiger partial charge is 0.390 e. The standard InChI is InChI=1S/C32H44N2O4/c1-25-18-14-10-6-4-5-7-11-15-19-27(22-29-31(33)26(2)28(35)24-38-29)32(3,37)21-17-13-9-8-12-16-20-30(36)34-23-25/h4-21,25-29,31,35,37H,22-24,33H2,1-3H3,(H,34,36)/b5-4-,10-6-,11-7-,12-8-,13-9-,18-14-,19-15-,20-16+,21-17+. The Labute approximate surface area is 228 Å². The van der Waals surface area contributed by atoms with Gasteiger partial charge in [-0.05, 0) is 19.3 Å². The minimum atomic E-state index is -1.16. The topological polar surface area (TPSA) is 105 Å². The summed E-state index contributed by atoms with van der Waals surface area (Å²) < 4.78 is 5.86. The van der Waals surface area contributed by atoms with Crippen LogP contribution in [0.2, 0.25) is 0 Å². The van der Waals surface area contributed by atoms with Gasteiger partial charge in [0.1, 0.15) is 0 Å². The van der Waals surface area contributed by atoms with Crippen molar-refractivity contribution in [2.75, 3.05) is 13.2 Å². The van der Waals surface area contributed by atoms with Crippen molar-refractivity contribution in [3.8, 4) is 0 Å². The van der Waals surface area contributed by atoms with Gasteiger partial charge in [-0.25, -0.2) is 0 Å². The van der Waals surface area contributed by atoms with E-state index < -0.39 is 11.7 Å². The number of amides is 1. The first-order valence-corrected chi connectivity index (χ1v) is 13.3. The summed E-state index contributed by atoms with van der Waals surface area (Å²) in [5.74, 6) is -0.277. The Kier molecular flexibility index (Phi) is 13.7. The van der Waals surface area contributed by atoms with Crippen LogP contribution in [0.4, 0.5) is 0 Å². The van der Waals surface area contributed by atoms with Crippen molar-refractivity contribution in [2.45, 2.75) is 51.0 Å². The molecule has 0 aliphatic carbocycles. The summed E-state index contributed by atoms with van der Waals surface area (Å²) in [5.41, 5.74) is 5.22. The van der Waals surface area contributed by atoms with E-state index >= 15 is 0 Å². The molecule has 2 aliphatic rings. The predicted molar refractivity (Wildman–Crippen MR) is 156 cm³/mol. The normalized spacial score (nSPS) is 41.4. The lowest BCUT2D eigenvalue weighted by Gasteiger charge is -2.40. The zero-order valence-corrected chi connectivity index (χ0v) is 22.8. The number of nitrogens with one attached hydrogen (secondary N) is 1. The summed E-state index contributed by atoms with van der Waals surface area (Å²) in [6.07, 6.45) is 33.1. The van der Waals surface area contributed by atoms with E-state index in [1.807, 2.05) is 92.8 Å². The fourth-order valence-corrected chi connectivity index (χ4v) is 4.07. The number of ether oxygens (including phenoxy) is 1. The SMILES string of the molecule is CC1\C=C/C=C\C=C/C=C\C=C/C(CC2OCC(O)C(C)C2N)C(C)(O)/C=C/C=C\C=C/C=C/C(=O)NC1. The number of carbonyl (C=O) groups excluding carboxylic acids is 1. The maximum absolute atomic E-state index is 12.0. The molecule has 6 nitrogen and oxygen atoms in total. The van der Waals surface area contributed by atoms with Gasteiger partial charge in [-0.3, -0.25) is 4.79 Å². The molecule has 1 saturated heterocycles. The van der Waals surface area contributed by atoms with Crippen molar-refractivity contribution in [3.05, 3.63) is 109 Å². The highest BCUT2D eigenvalue weighted by atomic mass is 16.5. The summed E-state index contributed by atoms with van der Waals surface area (Å²) in [4.78, 5) is 12.0. The van der Waals surface area contributed by atoms with Gasteiger partial charge in [0.2, 0.25) is 5.91 Å². The van der Waals surface area contributed by atoms with Gasteiger partial charge in [-0.15, -0.1) is 0 Å². The molecule has 0 radical (unpaired) electrons. The minimum absolute atomic E-state index is 0.0844. The highest BCUT2D eigenvalue weighted by Crippen LogP contribution is 2.31. The molecule has 0 saturated carbocycles. The molecule has 2 rings (SSSR count).